The monoisotopic (exact) mass is 276 g/mol. The van der Waals surface area contributed by atoms with Crippen molar-refractivity contribution < 1.29 is 0 Å². The van der Waals surface area contributed by atoms with Gasteiger partial charge in [-0.3, -0.25) is 0 Å². The van der Waals surface area contributed by atoms with E-state index in [0.29, 0.717) is 6.04 Å². The summed E-state index contributed by atoms with van der Waals surface area (Å²) in [4.78, 5) is 0. The zero-order valence-electron chi connectivity index (χ0n) is 11.9. The summed E-state index contributed by atoms with van der Waals surface area (Å²) in [7, 11) is 0. The van der Waals surface area contributed by atoms with Crippen molar-refractivity contribution in [1.82, 2.24) is 5.32 Å². The number of benzene rings is 1. The van der Waals surface area contributed by atoms with Crippen LogP contribution in [-0.2, 0) is 6.42 Å². The van der Waals surface area contributed by atoms with Crippen LogP contribution in [0.1, 0.15) is 45.1 Å². The molecule has 2 rings (SSSR count). The third kappa shape index (κ3) is 4.20. The van der Waals surface area contributed by atoms with Gasteiger partial charge in [-0.2, -0.15) is 0 Å². The molecule has 19 heavy (non-hydrogen) atoms. The van der Waals surface area contributed by atoms with Gasteiger partial charge >= 0.3 is 0 Å². The number of thiocarbonyl (C=S) groups is 1. The van der Waals surface area contributed by atoms with Crippen molar-refractivity contribution in [1.29, 1.82) is 0 Å². The van der Waals surface area contributed by atoms with Gasteiger partial charge < -0.3 is 10.6 Å². The predicted molar refractivity (Wildman–Crippen MR) is 86.6 cm³/mol. The lowest BCUT2D eigenvalue weighted by molar-refractivity contribution is 0.309. The van der Waals surface area contributed by atoms with E-state index < -0.39 is 0 Å². The van der Waals surface area contributed by atoms with Crippen LogP contribution >= 0.6 is 12.2 Å². The second kappa shape index (κ2) is 6.90. The minimum atomic E-state index is 0.531. The molecule has 1 aromatic rings. The largest absolute Gasteiger partial charge is 0.359 e. The van der Waals surface area contributed by atoms with Crippen molar-refractivity contribution in [3.8, 4) is 0 Å². The molecule has 1 aliphatic rings. The van der Waals surface area contributed by atoms with Crippen molar-refractivity contribution >= 4 is 23.0 Å². The van der Waals surface area contributed by atoms with E-state index in [2.05, 4.69) is 48.7 Å². The highest BCUT2D eigenvalue weighted by atomic mass is 32.1. The van der Waals surface area contributed by atoms with Crippen molar-refractivity contribution in [3.63, 3.8) is 0 Å². The fraction of sp³-hybridized carbons (Fsp3) is 0.562. The molecular weight excluding hydrogens is 252 g/mol. The fourth-order valence-electron chi connectivity index (χ4n) is 2.69. The van der Waals surface area contributed by atoms with Crippen LogP contribution < -0.4 is 10.6 Å². The Morgan fingerprint density at radius 1 is 1.21 bits per heavy atom. The second-order valence-electron chi connectivity index (χ2n) is 5.52. The summed E-state index contributed by atoms with van der Waals surface area (Å²) in [6, 6.07) is 9.01. The molecule has 0 aliphatic heterocycles. The summed E-state index contributed by atoms with van der Waals surface area (Å²) in [5, 5.41) is 7.50. The van der Waals surface area contributed by atoms with E-state index in [1.165, 1.54) is 31.2 Å². The molecular formula is C16H24N2S. The second-order valence-corrected chi connectivity index (χ2v) is 5.93. The molecule has 104 valence electrons. The third-order valence-corrected chi connectivity index (χ3v) is 4.27. The SMILES string of the molecule is CCc1ccc(NC(=S)N[C@@H]2CCCC[C@@H]2C)cc1. The van der Waals surface area contributed by atoms with E-state index >= 15 is 0 Å². The van der Waals surface area contributed by atoms with Crippen molar-refractivity contribution in [2.75, 3.05) is 5.32 Å². The molecule has 0 saturated heterocycles. The van der Waals surface area contributed by atoms with Crippen LogP contribution in [0.3, 0.4) is 0 Å². The fourth-order valence-corrected chi connectivity index (χ4v) is 2.96. The summed E-state index contributed by atoms with van der Waals surface area (Å²) in [6.45, 7) is 4.48. The van der Waals surface area contributed by atoms with Crippen LogP contribution in [0.2, 0.25) is 0 Å². The van der Waals surface area contributed by atoms with Crippen molar-refractivity contribution in [3.05, 3.63) is 29.8 Å². The molecule has 0 heterocycles. The first-order valence-electron chi connectivity index (χ1n) is 7.35. The number of nitrogens with one attached hydrogen (secondary N) is 2. The van der Waals surface area contributed by atoms with Crippen LogP contribution in [0.5, 0.6) is 0 Å². The zero-order chi connectivity index (χ0) is 13.7. The predicted octanol–water partition coefficient (Wildman–Crippen LogP) is 4.11. The Bertz CT molecular complexity index is 413. The van der Waals surface area contributed by atoms with Crippen LogP contribution in [0.15, 0.2) is 24.3 Å². The smallest absolute Gasteiger partial charge is 0.171 e. The van der Waals surface area contributed by atoms with Crippen LogP contribution in [0.25, 0.3) is 0 Å². The first-order valence-corrected chi connectivity index (χ1v) is 7.76. The van der Waals surface area contributed by atoms with Crippen LogP contribution in [0.4, 0.5) is 5.69 Å². The number of anilines is 1. The van der Waals surface area contributed by atoms with Gasteiger partial charge in [0, 0.05) is 11.7 Å². The number of aryl methyl sites for hydroxylation is 1. The number of hydrogen-bond acceptors (Lipinski definition) is 1. The summed E-state index contributed by atoms with van der Waals surface area (Å²) >= 11 is 5.41. The molecule has 1 aliphatic carbocycles. The van der Waals surface area contributed by atoms with E-state index in [9.17, 15) is 0 Å². The summed E-state index contributed by atoms with van der Waals surface area (Å²) in [5.74, 6) is 0.718. The summed E-state index contributed by atoms with van der Waals surface area (Å²) in [5.41, 5.74) is 2.42. The zero-order valence-corrected chi connectivity index (χ0v) is 12.7. The van der Waals surface area contributed by atoms with E-state index in [1.54, 1.807) is 0 Å². The van der Waals surface area contributed by atoms with Gasteiger partial charge in [-0.25, -0.2) is 0 Å². The van der Waals surface area contributed by atoms with Gasteiger partial charge in [-0.05, 0) is 55.1 Å². The Balaban J connectivity index is 1.86. The normalized spacial score (nSPS) is 22.8. The molecule has 0 radical (unpaired) electrons. The standard InChI is InChI=1S/C16H24N2S/c1-3-13-8-10-14(11-9-13)17-16(19)18-15-7-5-4-6-12(15)2/h8-12,15H,3-7H2,1-2H3,(H2,17,18,19)/t12-,15+/m0/s1. The van der Waals surface area contributed by atoms with E-state index in [1.807, 2.05) is 0 Å². The molecule has 2 nitrogen and oxygen atoms in total. The summed E-state index contributed by atoms with van der Waals surface area (Å²) < 4.78 is 0. The first kappa shape index (κ1) is 14.3. The Kier molecular flexibility index (Phi) is 5.20. The molecule has 2 N–H and O–H groups in total. The lowest BCUT2D eigenvalue weighted by atomic mass is 9.86. The van der Waals surface area contributed by atoms with Gasteiger partial charge in [-0.15, -0.1) is 0 Å². The Morgan fingerprint density at radius 3 is 2.53 bits per heavy atom. The van der Waals surface area contributed by atoms with Crippen LogP contribution in [-0.4, -0.2) is 11.2 Å². The van der Waals surface area contributed by atoms with E-state index in [4.69, 9.17) is 12.2 Å². The quantitative estimate of drug-likeness (QED) is 0.812. The van der Waals surface area contributed by atoms with Gasteiger partial charge in [0.2, 0.25) is 0 Å². The van der Waals surface area contributed by atoms with Crippen LogP contribution in [0, 0.1) is 5.92 Å². The number of hydrogen-bond donors (Lipinski definition) is 2. The maximum absolute atomic E-state index is 5.41. The minimum Gasteiger partial charge on any atom is -0.359 e. The first-order chi connectivity index (χ1) is 9.19. The average Bonchev–Trinajstić information content (AvgIpc) is 2.42. The highest BCUT2D eigenvalue weighted by Crippen LogP contribution is 2.23. The molecule has 1 saturated carbocycles. The third-order valence-electron chi connectivity index (χ3n) is 4.05. The van der Waals surface area contributed by atoms with E-state index in [0.717, 1.165) is 23.1 Å². The molecule has 1 aromatic carbocycles. The van der Waals surface area contributed by atoms with Gasteiger partial charge in [-0.1, -0.05) is 38.8 Å². The van der Waals surface area contributed by atoms with E-state index in [-0.39, 0.29) is 0 Å². The Hall–Kier alpha value is -1.09. The molecule has 2 atom stereocenters. The maximum atomic E-state index is 5.41. The molecule has 0 aromatic heterocycles. The number of rotatable bonds is 3. The van der Waals surface area contributed by atoms with Crippen molar-refractivity contribution in [2.24, 2.45) is 5.92 Å². The molecule has 0 unspecified atom stereocenters. The molecule has 1 fully saturated rings. The van der Waals surface area contributed by atoms with Crippen molar-refractivity contribution in [2.45, 2.75) is 52.0 Å². The maximum Gasteiger partial charge on any atom is 0.171 e. The Labute approximate surface area is 122 Å². The highest BCUT2D eigenvalue weighted by Gasteiger charge is 2.21. The highest BCUT2D eigenvalue weighted by molar-refractivity contribution is 7.80. The van der Waals surface area contributed by atoms with Gasteiger partial charge in [0.25, 0.3) is 0 Å². The lowest BCUT2D eigenvalue weighted by Gasteiger charge is -2.30. The molecule has 0 spiro atoms. The molecule has 3 heteroatoms. The summed E-state index contributed by atoms with van der Waals surface area (Å²) in [6.07, 6.45) is 6.29. The molecule has 0 amide bonds. The minimum absolute atomic E-state index is 0.531. The topological polar surface area (TPSA) is 24.1 Å². The lowest BCUT2D eigenvalue weighted by Crippen LogP contribution is -2.43. The van der Waals surface area contributed by atoms with Gasteiger partial charge in [0.1, 0.15) is 0 Å². The van der Waals surface area contributed by atoms with Gasteiger partial charge in [0.05, 0.1) is 0 Å². The van der Waals surface area contributed by atoms with Gasteiger partial charge in [0.15, 0.2) is 5.11 Å². The average molecular weight is 276 g/mol. The Morgan fingerprint density at radius 2 is 1.89 bits per heavy atom. The molecule has 0 bridgehead atoms.